The van der Waals surface area contributed by atoms with Crippen LogP contribution in [0.2, 0.25) is 0 Å². The van der Waals surface area contributed by atoms with E-state index in [0.29, 0.717) is 44.3 Å². The molecule has 0 aliphatic carbocycles. The van der Waals surface area contributed by atoms with Crippen LogP contribution in [-0.2, 0) is 4.74 Å². The van der Waals surface area contributed by atoms with Gasteiger partial charge in [0.05, 0.1) is 6.61 Å². The Hall–Kier alpha value is -3.16. The second-order valence-corrected chi connectivity index (χ2v) is 6.69. The van der Waals surface area contributed by atoms with Crippen molar-refractivity contribution in [1.29, 1.82) is 0 Å². The molecule has 0 atom stereocenters. The fourth-order valence-corrected chi connectivity index (χ4v) is 2.99. The van der Waals surface area contributed by atoms with Crippen molar-refractivity contribution < 1.29 is 14.3 Å². The number of aromatic nitrogens is 2. The molecule has 8 heteroatoms. The molecule has 2 amide bonds. The average Bonchev–Trinajstić information content (AvgIpc) is 2.71. The third-order valence-corrected chi connectivity index (χ3v) is 4.78. The SMILES string of the molecule is CCOC(=O)N1CCN(c2cc(C(=O)Nc3ccc(C)c(C)c3)ncn2)CC1. The number of nitrogens with zero attached hydrogens (tertiary/aromatic N) is 4. The molecule has 1 N–H and O–H groups in total. The number of anilines is 2. The molecule has 1 aliphatic heterocycles. The predicted molar refractivity (Wildman–Crippen MR) is 107 cm³/mol. The van der Waals surface area contributed by atoms with Gasteiger partial charge in [0.15, 0.2) is 0 Å². The van der Waals surface area contributed by atoms with Crippen LogP contribution in [0.3, 0.4) is 0 Å². The zero-order chi connectivity index (χ0) is 20.1. The third kappa shape index (κ3) is 4.57. The first kappa shape index (κ1) is 19.6. The van der Waals surface area contributed by atoms with Crippen molar-refractivity contribution in [2.45, 2.75) is 20.8 Å². The van der Waals surface area contributed by atoms with Crippen LogP contribution in [0.1, 0.15) is 28.5 Å². The molecular weight excluding hydrogens is 358 g/mol. The van der Waals surface area contributed by atoms with Crippen molar-refractivity contribution in [3.05, 3.63) is 47.4 Å². The Bertz CT molecular complexity index is 863. The summed E-state index contributed by atoms with van der Waals surface area (Å²) < 4.78 is 5.04. The molecule has 0 bridgehead atoms. The summed E-state index contributed by atoms with van der Waals surface area (Å²) in [5, 5.41) is 2.88. The monoisotopic (exact) mass is 383 g/mol. The van der Waals surface area contributed by atoms with Crippen molar-refractivity contribution in [1.82, 2.24) is 14.9 Å². The van der Waals surface area contributed by atoms with Crippen LogP contribution in [0.15, 0.2) is 30.6 Å². The Balaban J connectivity index is 1.64. The normalized spacial score (nSPS) is 14.0. The molecule has 28 heavy (non-hydrogen) atoms. The smallest absolute Gasteiger partial charge is 0.409 e. The summed E-state index contributed by atoms with van der Waals surface area (Å²) in [5.74, 6) is 0.390. The van der Waals surface area contributed by atoms with Crippen LogP contribution >= 0.6 is 0 Å². The second-order valence-electron chi connectivity index (χ2n) is 6.69. The molecular formula is C20H25N5O3. The van der Waals surface area contributed by atoms with E-state index in [2.05, 4.69) is 15.3 Å². The lowest BCUT2D eigenvalue weighted by atomic mass is 10.1. The third-order valence-electron chi connectivity index (χ3n) is 4.78. The first-order valence-electron chi connectivity index (χ1n) is 9.35. The molecule has 1 aliphatic rings. The summed E-state index contributed by atoms with van der Waals surface area (Å²) in [6.45, 7) is 8.52. The molecule has 0 radical (unpaired) electrons. The lowest BCUT2D eigenvalue weighted by Crippen LogP contribution is -2.49. The van der Waals surface area contributed by atoms with E-state index in [0.717, 1.165) is 11.3 Å². The Morgan fingerprint density at radius 3 is 2.50 bits per heavy atom. The number of hydrogen-bond donors (Lipinski definition) is 1. The molecule has 1 aromatic carbocycles. The summed E-state index contributed by atoms with van der Waals surface area (Å²) >= 11 is 0. The summed E-state index contributed by atoms with van der Waals surface area (Å²) in [7, 11) is 0. The molecule has 1 aromatic heterocycles. The topological polar surface area (TPSA) is 87.7 Å². The Morgan fingerprint density at radius 2 is 1.82 bits per heavy atom. The van der Waals surface area contributed by atoms with E-state index in [4.69, 9.17) is 4.74 Å². The van der Waals surface area contributed by atoms with Crippen molar-refractivity contribution in [3.8, 4) is 0 Å². The van der Waals surface area contributed by atoms with E-state index in [1.165, 1.54) is 11.9 Å². The summed E-state index contributed by atoms with van der Waals surface area (Å²) in [6, 6.07) is 7.46. The van der Waals surface area contributed by atoms with E-state index in [9.17, 15) is 9.59 Å². The number of nitrogens with one attached hydrogen (secondary N) is 1. The molecule has 2 aromatic rings. The van der Waals surface area contributed by atoms with Crippen LogP contribution in [0, 0.1) is 13.8 Å². The largest absolute Gasteiger partial charge is 0.450 e. The first-order valence-corrected chi connectivity index (χ1v) is 9.35. The van der Waals surface area contributed by atoms with Gasteiger partial charge < -0.3 is 19.9 Å². The van der Waals surface area contributed by atoms with Crippen molar-refractivity contribution in [3.63, 3.8) is 0 Å². The van der Waals surface area contributed by atoms with Gasteiger partial charge in [-0.15, -0.1) is 0 Å². The fourth-order valence-electron chi connectivity index (χ4n) is 2.99. The number of hydrogen-bond acceptors (Lipinski definition) is 6. The Morgan fingerprint density at radius 1 is 1.07 bits per heavy atom. The van der Waals surface area contributed by atoms with Gasteiger partial charge in [0.25, 0.3) is 5.91 Å². The van der Waals surface area contributed by atoms with E-state index < -0.39 is 0 Å². The van der Waals surface area contributed by atoms with Gasteiger partial charge in [0.1, 0.15) is 17.8 Å². The van der Waals surface area contributed by atoms with E-state index in [1.54, 1.807) is 17.9 Å². The van der Waals surface area contributed by atoms with Crippen molar-refractivity contribution in [2.24, 2.45) is 0 Å². The van der Waals surface area contributed by atoms with Gasteiger partial charge in [-0.3, -0.25) is 4.79 Å². The Labute approximate surface area is 164 Å². The highest BCUT2D eigenvalue weighted by molar-refractivity contribution is 6.03. The minimum Gasteiger partial charge on any atom is -0.450 e. The number of benzene rings is 1. The average molecular weight is 383 g/mol. The maximum absolute atomic E-state index is 12.6. The first-order chi connectivity index (χ1) is 13.5. The number of carbonyl (C=O) groups excluding carboxylic acids is 2. The lowest BCUT2D eigenvalue weighted by molar-refractivity contribution is 0.102. The highest BCUT2D eigenvalue weighted by atomic mass is 16.6. The highest BCUT2D eigenvalue weighted by Crippen LogP contribution is 2.17. The van der Waals surface area contributed by atoms with Crippen LogP contribution in [0.25, 0.3) is 0 Å². The number of ether oxygens (including phenoxy) is 1. The number of amides is 2. The molecule has 0 saturated carbocycles. The summed E-state index contributed by atoms with van der Waals surface area (Å²) in [5.41, 5.74) is 3.32. The van der Waals surface area contributed by atoms with Gasteiger partial charge in [0.2, 0.25) is 0 Å². The molecule has 2 heterocycles. The highest BCUT2D eigenvalue weighted by Gasteiger charge is 2.23. The van der Waals surface area contributed by atoms with Crippen LogP contribution < -0.4 is 10.2 Å². The maximum atomic E-state index is 12.6. The maximum Gasteiger partial charge on any atom is 0.409 e. The molecule has 3 rings (SSSR count). The van der Waals surface area contributed by atoms with E-state index >= 15 is 0 Å². The Kier molecular flexibility index (Phi) is 6.08. The summed E-state index contributed by atoms with van der Waals surface area (Å²) in [6.07, 6.45) is 1.10. The molecule has 1 saturated heterocycles. The van der Waals surface area contributed by atoms with Crippen LogP contribution in [-0.4, -0.2) is 59.7 Å². The van der Waals surface area contributed by atoms with Gasteiger partial charge in [-0.2, -0.15) is 0 Å². The lowest BCUT2D eigenvalue weighted by Gasteiger charge is -2.34. The molecule has 0 unspecified atom stereocenters. The minimum atomic E-state index is -0.293. The van der Waals surface area contributed by atoms with Crippen LogP contribution in [0.4, 0.5) is 16.3 Å². The number of aryl methyl sites for hydroxylation is 2. The van der Waals surface area contributed by atoms with Gasteiger partial charge in [0, 0.05) is 37.9 Å². The van der Waals surface area contributed by atoms with Crippen LogP contribution in [0.5, 0.6) is 0 Å². The van der Waals surface area contributed by atoms with Crippen molar-refractivity contribution in [2.75, 3.05) is 43.0 Å². The van der Waals surface area contributed by atoms with Crippen molar-refractivity contribution >= 4 is 23.5 Å². The van der Waals surface area contributed by atoms with Gasteiger partial charge >= 0.3 is 6.09 Å². The van der Waals surface area contributed by atoms with Gasteiger partial charge in [-0.05, 0) is 44.0 Å². The van der Waals surface area contributed by atoms with Gasteiger partial charge in [-0.1, -0.05) is 6.07 Å². The minimum absolute atomic E-state index is 0.280. The predicted octanol–water partition coefficient (Wildman–Crippen LogP) is 2.62. The van der Waals surface area contributed by atoms with E-state index in [-0.39, 0.29) is 12.0 Å². The molecule has 148 valence electrons. The number of carbonyl (C=O) groups is 2. The zero-order valence-corrected chi connectivity index (χ0v) is 16.4. The number of piperazine rings is 1. The molecule has 8 nitrogen and oxygen atoms in total. The summed E-state index contributed by atoms with van der Waals surface area (Å²) in [4.78, 5) is 36.5. The van der Waals surface area contributed by atoms with E-state index in [1.807, 2.05) is 36.9 Å². The standard InChI is InChI=1S/C20H25N5O3/c1-4-28-20(27)25-9-7-24(8-10-25)18-12-17(21-13-22-18)19(26)23-16-6-5-14(2)15(3)11-16/h5-6,11-13H,4,7-10H2,1-3H3,(H,23,26). The fraction of sp³-hybridized carbons (Fsp3) is 0.400. The number of rotatable bonds is 4. The molecule has 1 fully saturated rings. The second kappa shape index (κ2) is 8.69. The van der Waals surface area contributed by atoms with Gasteiger partial charge in [-0.25, -0.2) is 14.8 Å². The zero-order valence-electron chi connectivity index (χ0n) is 16.4. The quantitative estimate of drug-likeness (QED) is 0.873. The molecule has 0 spiro atoms.